The predicted octanol–water partition coefficient (Wildman–Crippen LogP) is 4.04. The molecule has 1 aromatic heterocycles. The van der Waals surface area contributed by atoms with Crippen molar-refractivity contribution in [2.75, 3.05) is 0 Å². The van der Waals surface area contributed by atoms with Gasteiger partial charge in [-0.1, -0.05) is 37.0 Å². The van der Waals surface area contributed by atoms with Crippen LogP contribution in [0.25, 0.3) is 5.69 Å². The molecule has 0 aliphatic rings. The number of hydrogen-bond donors (Lipinski definition) is 0. The molecule has 7 heteroatoms. The first-order chi connectivity index (χ1) is 9.79. The molecule has 2 aromatic rings. The number of halogens is 2. The van der Waals surface area contributed by atoms with E-state index >= 15 is 0 Å². The van der Waals surface area contributed by atoms with Crippen molar-refractivity contribution < 1.29 is 9.15 Å². The van der Waals surface area contributed by atoms with E-state index in [4.69, 9.17) is 32.4 Å². The van der Waals surface area contributed by atoms with Crippen LogP contribution in [0.4, 0.5) is 0 Å². The zero-order chi connectivity index (χ0) is 15.7. The summed E-state index contributed by atoms with van der Waals surface area (Å²) in [6.07, 6.45) is -0.0585. The van der Waals surface area contributed by atoms with Gasteiger partial charge in [-0.25, -0.2) is 4.79 Å². The second-order valence-electron chi connectivity index (χ2n) is 5.17. The van der Waals surface area contributed by atoms with Crippen LogP contribution in [0, 0.1) is 0 Å². The molecule has 0 radical (unpaired) electrons. The molecule has 0 aliphatic heterocycles. The Morgan fingerprint density at radius 1 is 1.19 bits per heavy atom. The molecule has 0 saturated heterocycles. The number of benzene rings is 1. The van der Waals surface area contributed by atoms with Gasteiger partial charge >= 0.3 is 5.76 Å². The van der Waals surface area contributed by atoms with E-state index in [0.717, 1.165) is 4.68 Å². The number of hydrogen-bond acceptors (Lipinski definition) is 4. The summed E-state index contributed by atoms with van der Waals surface area (Å²) in [7, 11) is 0. The first-order valence-electron chi connectivity index (χ1n) is 6.55. The maximum atomic E-state index is 11.9. The van der Waals surface area contributed by atoms with Crippen molar-refractivity contribution in [1.29, 1.82) is 0 Å². The molecule has 1 heterocycles. The van der Waals surface area contributed by atoms with Crippen LogP contribution >= 0.6 is 23.2 Å². The van der Waals surface area contributed by atoms with E-state index in [-0.39, 0.29) is 12.0 Å². The Kier molecular flexibility index (Phi) is 4.64. The Morgan fingerprint density at radius 3 is 2.38 bits per heavy atom. The zero-order valence-electron chi connectivity index (χ0n) is 12.2. The van der Waals surface area contributed by atoms with Crippen molar-refractivity contribution in [3.8, 4) is 11.4 Å². The number of aromatic nitrogens is 2. The molecule has 0 spiro atoms. The van der Waals surface area contributed by atoms with Crippen LogP contribution in [-0.4, -0.2) is 15.9 Å². The van der Waals surface area contributed by atoms with E-state index in [9.17, 15) is 4.79 Å². The van der Waals surface area contributed by atoms with Gasteiger partial charge in [-0.15, -0.1) is 5.10 Å². The van der Waals surface area contributed by atoms with Gasteiger partial charge < -0.3 is 9.15 Å². The lowest BCUT2D eigenvalue weighted by molar-refractivity contribution is 0.242. The Hall–Kier alpha value is -1.46. The smallest absolute Gasteiger partial charge is 0.442 e. The van der Waals surface area contributed by atoms with Crippen LogP contribution in [-0.2, 0) is 0 Å². The molecule has 21 heavy (non-hydrogen) atoms. The Balaban J connectivity index is 2.55. The molecule has 1 aromatic carbocycles. The van der Waals surface area contributed by atoms with Gasteiger partial charge in [0.05, 0.1) is 21.8 Å². The van der Waals surface area contributed by atoms with E-state index < -0.39 is 5.76 Å². The van der Waals surface area contributed by atoms with E-state index in [1.807, 2.05) is 27.7 Å². The molecule has 2 rings (SSSR count). The van der Waals surface area contributed by atoms with Gasteiger partial charge in [0.15, 0.2) is 0 Å². The van der Waals surface area contributed by atoms with Gasteiger partial charge in [-0.3, -0.25) is 0 Å². The number of rotatable bonds is 4. The Morgan fingerprint density at radius 2 is 1.86 bits per heavy atom. The lowest BCUT2D eigenvalue weighted by Gasteiger charge is -2.13. The third-order valence-corrected chi connectivity index (χ3v) is 3.25. The summed E-state index contributed by atoms with van der Waals surface area (Å²) in [5.74, 6) is 0.180. The SMILES string of the molecule is CC(C)Oc1cc(-n2nc(C(C)C)oc2=O)c(Cl)cc1Cl. The average molecular weight is 331 g/mol. The van der Waals surface area contributed by atoms with Gasteiger partial charge in [-0.05, 0) is 19.9 Å². The first-order valence-corrected chi connectivity index (χ1v) is 7.31. The van der Waals surface area contributed by atoms with E-state index in [1.165, 1.54) is 6.07 Å². The van der Waals surface area contributed by atoms with E-state index in [2.05, 4.69) is 5.10 Å². The van der Waals surface area contributed by atoms with Crippen LogP contribution in [0.3, 0.4) is 0 Å². The number of nitrogens with zero attached hydrogens (tertiary/aromatic N) is 2. The minimum atomic E-state index is -0.599. The average Bonchev–Trinajstić information content (AvgIpc) is 2.74. The summed E-state index contributed by atoms with van der Waals surface area (Å²) in [4.78, 5) is 11.9. The topological polar surface area (TPSA) is 57.3 Å². The maximum Gasteiger partial charge on any atom is 0.442 e. The molecule has 114 valence electrons. The Labute approximate surface area is 132 Å². The van der Waals surface area contributed by atoms with Crippen molar-refractivity contribution >= 4 is 23.2 Å². The maximum absolute atomic E-state index is 11.9. The lowest BCUT2D eigenvalue weighted by Crippen LogP contribution is -2.14. The van der Waals surface area contributed by atoms with Crippen molar-refractivity contribution in [1.82, 2.24) is 9.78 Å². The van der Waals surface area contributed by atoms with Crippen molar-refractivity contribution in [3.05, 3.63) is 38.6 Å². The molecule has 0 saturated carbocycles. The summed E-state index contributed by atoms with van der Waals surface area (Å²) in [6.45, 7) is 7.52. The molecule has 0 N–H and O–H groups in total. The second-order valence-corrected chi connectivity index (χ2v) is 5.99. The van der Waals surface area contributed by atoms with Crippen LogP contribution in [0.15, 0.2) is 21.3 Å². The molecule has 0 unspecified atom stereocenters. The minimum Gasteiger partial charge on any atom is -0.489 e. The van der Waals surface area contributed by atoms with Gasteiger partial charge in [0, 0.05) is 12.0 Å². The fraction of sp³-hybridized carbons (Fsp3) is 0.429. The van der Waals surface area contributed by atoms with Gasteiger partial charge in [0.25, 0.3) is 0 Å². The van der Waals surface area contributed by atoms with Crippen molar-refractivity contribution in [3.63, 3.8) is 0 Å². The number of ether oxygens (including phenoxy) is 1. The largest absolute Gasteiger partial charge is 0.489 e. The van der Waals surface area contributed by atoms with Crippen LogP contribution in [0.2, 0.25) is 10.0 Å². The molecule has 0 aliphatic carbocycles. The molecular formula is C14H16Cl2N2O3. The first kappa shape index (κ1) is 15.9. The van der Waals surface area contributed by atoms with E-state index in [0.29, 0.717) is 27.4 Å². The highest BCUT2D eigenvalue weighted by molar-refractivity contribution is 6.36. The molecule has 5 nitrogen and oxygen atoms in total. The summed E-state index contributed by atoms with van der Waals surface area (Å²) in [6, 6.07) is 3.10. The molecule has 0 bridgehead atoms. The third-order valence-electron chi connectivity index (χ3n) is 2.65. The van der Waals surface area contributed by atoms with Crippen LogP contribution in [0.5, 0.6) is 5.75 Å². The van der Waals surface area contributed by atoms with Gasteiger partial charge in [0.2, 0.25) is 5.89 Å². The third kappa shape index (κ3) is 3.41. The lowest BCUT2D eigenvalue weighted by atomic mass is 10.2. The summed E-state index contributed by atoms with van der Waals surface area (Å²) in [5, 5.41) is 4.81. The Bertz CT molecular complexity index is 705. The fourth-order valence-corrected chi connectivity index (χ4v) is 2.21. The summed E-state index contributed by atoms with van der Waals surface area (Å²) < 4.78 is 11.8. The molecule has 0 atom stereocenters. The highest BCUT2D eigenvalue weighted by Crippen LogP contribution is 2.33. The van der Waals surface area contributed by atoms with E-state index in [1.54, 1.807) is 6.07 Å². The van der Waals surface area contributed by atoms with Gasteiger partial charge in [-0.2, -0.15) is 4.68 Å². The quantitative estimate of drug-likeness (QED) is 0.848. The fourth-order valence-electron chi connectivity index (χ4n) is 1.70. The highest BCUT2D eigenvalue weighted by Gasteiger charge is 2.17. The molecular weight excluding hydrogens is 315 g/mol. The van der Waals surface area contributed by atoms with Crippen LogP contribution < -0.4 is 10.5 Å². The predicted molar refractivity (Wildman–Crippen MR) is 82.0 cm³/mol. The highest BCUT2D eigenvalue weighted by atomic mass is 35.5. The normalized spacial score (nSPS) is 11.4. The summed E-state index contributed by atoms with van der Waals surface area (Å²) >= 11 is 12.2. The van der Waals surface area contributed by atoms with Crippen molar-refractivity contribution in [2.45, 2.75) is 39.7 Å². The minimum absolute atomic E-state index is 0.00332. The molecule has 0 fully saturated rings. The van der Waals surface area contributed by atoms with Crippen molar-refractivity contribution in [2.24, 2.45) is 0 Å². The monoisotopic (exact) mass is 330 g/mol. The van der Waals surface area contributed by atoms with Crippen LogP contribution in [0.1, 0.15) is 39.5 Å². The van der Waals surface area contributed by atoms with Gasteiger partial charge in [0.1, 0.15) is 5.75 Å². The summed E-state index contributed by atoms with van der Waals surface area (Å²) in [5.41, 5.74) is 0.373. The standard InChI is InChI=1S/C14H16Cl2N2O3/c1-7(2)13-17-18(14(19)21-13)11-6-12(20-8(3)4)10(16)5-9(11)15/h5-8H,1-4H3. The molecule has 0 amide bonds. The zero-order valence-corrected chi connectivity index (χ0v) is 13.7. The second kappa shape index (κ2) is 6.12.